The van der Waals surface area contributed by atoms with E-state index >= 15 is 0 Å². The first-order valence-electron chi connectivity index (χ1n) is 14.2. The van der Waals surface area contributed by atoms with Gasteiger partial charge in [0.1, 0.15) is 17.4 Å². The standard InChI is InChI=1S/C30H38N4O6/c1-4-33(5-2)21-11-7-19(8-12-21)32-28(37)26-30-16-15-23(40-30)24(25(30)29(38)34(26)17-18-35)27(36)31-20-9-13-22(14-10-20)39-6-3/h7-14,23-26,35H,4-6,15-18H2,1-3H3,(H,31,36)(H,32,37)/t23-,24+,25+,26?,30?/m1/s1. The number of anilines is 3. The normalized spacial score (nSPS) is 26.5. The number of fused-ring (bicyclic) bond motifs is 1. The second kappa shape index (κ2) is 11.5. The first-order chi connectivity index (χ1) is 19.4. The summed E-state index contributed by atoms with van der Waals surface area (Å²) < 4.78 is 11.9. The van der Waals surface area contributed by atoms with E-state index in [1.54, 1.807) is 24.3 Å². The van der Waals surface area contributed by atoms with Gasteiger partial charge >= 0.3 is 0 Å². The summed E-state index contributed by atoms with van der Waals surface area (Å²) in [5.74, 6) is -1.87. The first-order valence-corrected chi connectivity index (χ1v) is 14.2. The van der Waals surface area contributed by atoms with Crippen LogP contribution in [-0.2, 0) is 19.1 Å². The molecular formula is C30H38N4O6. The van der Waals surface area contributed by atoms with Crippen LogP contribution >= 0.6 is 0 Å². The van der Waals surface area contributed by atoms with Crippen LogP contribution in [0.15, 0.2) is 48.5 Å². The summed E-state index contributed by atoms with van der Waals surface area (Å²) >= 11 is 0. The van der Waals surface area contributed by atoms with Gasteiger partial charge in [-0.2, -0.15) is 0 Å². The van der Waals surface area contributed by atoms with Crippen molar-refractivity contribution in [3.63, 3.8) is 0 Å². The maximum atomic E-state index is 13.8. The van der Waals surface area contributed by atoms with E-state index in [1.807, 2.05) is 31.2 Å². The molecule has 3 amide bonds. The fourth-order valence-electron chi connectivity index (χ4n) is 6.68. The molecule has 0 radical (unpaired) electrons. The minimum atomic E-state index is -1.12. The van der Waals surface area contributed by atoms with E-state index < -0.39 is 29.6 Å². The Bertz CT molecular complexity index is 1230. The van der Waals surface area contributed by atoms with Crippen molar-refractivity contribution in [3.05, 3.63) is 48.5 Å². The molecule has 10 nitrogen and oxygen atoms in total. The van der Waals surface area contributed by atoms with Gasteiger partial charge in [0.2, 0.25) is 17.7 Å². The number of ether oxygens (including phenoxy) is 2. The SMILES string of the molecule is CCOc1ccc(NC(=O)[C@@H]2[C@H]3C(=O)N(CCO)C(C(=O)Nc4ccc(N(CC)CC)cc4)C34CC[C@H]2O4)cc1. The van der Waals surface area contributed by atoms with Crippen LogP contribution in [0, 0.1) is 11.8 Å². The molecule has 0 aliphatic carbocycles. The van der Waals surface area contributed by atoms with Crippen LogP contribution in [0.4, 0.5) is 17.1 Å². The Kier molecular flexibility index (Phi) is 8.00. The van der Waals surface area contributed by atoms with Gasteiger partial charge in [0, 0.05) is 36.7 Å². The molecule has 40 heavy (non-hydrogen) atoms. The smallest absolute Gasteiger partial charge is 0.250 e. The zero-order valence-corrected chi connectivity index (χ0v) is 23.3. The topological polar surface area (TPSA) is 120 Å². The van der Waals surface area contributed by atoms with Gasteiger partial charge < -0.3 is 35.0 Å². The van der Waals surface area contributed by atoms with E-state index in [1.165, 1.54) is 4.90 Å². The zero-order valence-electron chi connectivity index (χ0n) is 23.3. The van der Waals surface area contributed by atoms with Crippen LogP contribution < -0.4 is 20.3 Å². The van der Waals surface area contributed by atoms with Crippen molar-refractivity contribution in [2.24, 2.45) is 11.8 Å². The van der Waals surface area contributed by atoms with Crippen molar-refractivity contribution in [2.45, 2.75) is 51.4 Å². The lowest BCUT2D eigenvalue weighted by Crippen LogP contribution is -2.53. The number of nitrogens with one attached hydrogen (secondary N) is 2. The minimum absolute atomic E-state index is 0.0165. The predicted octanol–water partition coefficient (Wildman–Crippen LogP) is 2.88. The third-order valence-electron chi connectivity index (χ3n) is 8.39. The number of hydrogen-bond acceptors (Lipinski definition) is 7. The Morgan fingerprint density at radius 3 is 2.25 bits per heavy atom. The van der Waals surface area contributed by atoms with Crippen molar-refractivity contribution in [3.8, 4) is 5.75 Å². The van der Waals surface area contributed by atoms with Crippen molar-refractivity contribution in [1.82, 2.24) is 4.90 Å². The van der Waals surface area contributed by atoms with Crippen molar-refractivity contribution >= 4 is 34.8 Å². The van der Waals surface area contributed by atoms with Crippen LogP contribution in [0.2, 0.25) is 0 Å². The number of carbonyl (C=O) groups is 3. The Morgan fingerprint density at radius 2 is 1.65 bits per heavy atom. The van der Waals surface area contributed by atoms with Crippen LogP contribution in [0.1, 0.15) is 33.6 Å². The van der Waals surface area contributed by atoms with Gasteiger partial charge in [0.05, 0.1) is 31.2 Å². The fraction of sp³-hybridized carbons (Fsp3) is 0.500. The number of likely N-dealkylation sites (tertiary alicyclic amines) is 1. The summed E-state index contributed by atoms with van der Waals surface area (Å²) in [6.45, 7) is 8.04. The van der Waals surface area contributed by atoms with Gasteiger partial charge in [0.25, 0.3) is 0 Å². The molecule has 5 atom stereocenters. The van der Waals surface area contributed by atoms with Gasteiger partial charge in [-0.15, -0.1) is 0 Å². The number of aliphatic hydroxyl groups is 1. The number of aliphatic hydroxyl groups excluding tert-OH is 1. The highest BCUT2D eigenvalue weighted by Crippen LogP contribution is 2.58. The molecule has 3 fully saturated rings. The van der Waals surface area contributed by atoms with Crippen molar-refractivity contribution < 1.29 is 29.0 Å². The number of β-amino-alcohol motifs (C(OH)–C–C–N with tert-alkyl or cyclic N) is 1. The lowest BCUT2D eigenvalue weighted by molar-refractivity contribution is -0.140. The molecule has 3 saturated heterocycles. The van der Waals surface area contributed by atoms with E-state index in [4.69, 9.17) is 9.47 Å². The monoisotopic (exact) mass is 550 g/mol. The highest BCUT2D eigenvalue weighted by atomic mass is 16.5. The van der Waals surface area contributed by atoms with Crippen LogP contribution in [0.5, 0.6) is 5.75 Å². The number of hydrogen-bond donors (Lipinski definition) is 3. The Balaban J connectivity index is 1.37. The molecule has 0 aromatic heterocycles. The quantitative estimate of drug-likeness (QED) is 0.394. The maximum absolute atomic E-state index is 13.8. The highest BCUT2D eigenvalue weighted by molar-refractivity contribution is 6.05. The summed E-state index contributed by atoms with van der Waals surface area (Å²) in [5, 5.41) is 15.6. The van der Waals surface area contributed by atoms with Gasteiger partial charge in [-0.05, 0) is 82.1 Å². The lowest BCUT2D eigenvalue weighted by Gasteiger charge is -2.33. The Labute approximate surface area is 234 Å². The molecular weight excluding hydrogens is 512 g/mol. The zero-order chi connectivity index (χ0) is 28.4. The molecule has 3 N–H and O–H groups in total. The molecule has 5 rings (SSSR count). The second-order valence-electron chi connectivity index (χ2n) is 10.5. The third kappa shape index (κ3) is 4.79. The summed E-state index contributed by atoms with van der Waals surface area (Å²) in [6.07, 6.45) is 0.596. The van der Waals surface area contributed by atoms with E-state index in [2.05, 4.69) is 29.4 Å². The van der Waals surface area contributed by atoms with Crippen LogP contribution in [0.3, 0.4) is 0 Å². The minimum Gasteiger partial charge on any atom is -0.494 e. The molecule has 2 unspecified atom stereocenters. The average Bonchev–Trinajstić information content (AvgIpc) is 3.59. The first kappa shape index (κ1) is 27.9. The Morgan fingerprint density at radius 1 is 1.02 bits per heavy atom. The largest absolute Gasteiger partial charge is 0.494 e. The average molecular weight is 551 g/mol. The maximum Gasteiger partial charge on any atom is 0.250 e. The highest BCUT2D eigenvalue weighted by Gasteiger charge is 2.74. The summed E-state index contributed by atoms with van der Waals surface area (Å²) in [6, 6.07) is 13.7. The molecule has 10 heteroatoms. The van der Waals surface area contributed by atoms with Crippen LogP contribution in [0.25, 0.3) is 0 Å². The molecule has 1 spiro atoms. The molecule has 2 aromatic carbocycles. The molecule has 2 bridgehead atoms. The van der Waals surface area contributed by atoms with Crippen LogP contribution in [-0.4, -0.2) is 78.3 Å². The third-order valence-corrected chi connectivity index (χ3v) is 8.39. The van der Waals surface area contributed by atoms with Gasteiger partial charge in [-0.3, -0.25) is 14.4 Å². The van der Waals surface area contributed by atoms with Crippen molar-refractivity contribution in [1.29, 1.82) is 0 Å². The van der Waals surface area contributed by atoms with Gasteiger partial charge in [0.15, 0.2) is 0 Å². The fourth-order valence-corrected chi connectivity index (χ4v) is 6.68. The molecule has 3 heterocycles. The van der Waals surface area contributed by atoms with E-state index in [-0.39, 0.29) is 30.9 Å². The number of amides is 3. The molecule has 2 aromatic rings. The van der Waals surface area contributed by atoms with E-state index in [0.29, 0.717) is 36.6 Å². The van der Waals surface area contributed by atoms with Crippen molar-refractivity contribution in [2.75, 3.05) is 48.4 Å². The summed E-state index contributed by atoms with van der Waals surface area (Å²) in [4.78, 5) is 44.6. The van der Waals surface area contributed by atoms with E-state index in [9.17, 15) is 19.5 Å². The van der Waals surface area contributed by atoms with Gasteiger partial charge in [-0.25, -0.2) is 0 Å². The van der Waals surface area contributed by atoms with E-state index in [0.717, 1.165) is 18.8 Å². The molecule has 3 aliphatic rings. The number of nitrogens with zero attached hydrogens (tertiary/aromatic N) is 2. The number of benzene rings is 2. The predicted molar refractivity (Wildman–Crippen MR) is 151 cm³/mol. The molecule has 3 aliphatic heterocycles. The second-order valence-corrected chi connectivity index (χ2v) is 10.5. The summed E-state index contributed by atoms with van der Waals surface area (Å²) in [5.41, 5.74) is 1.13. The number of carbonyl (C=O) groups excluding carboxylic acids is 3. The number of rotatable bonds is 11. The van der Waals surface area contributed by atoms with Gasteiger partial charge in [-0.1, -0.05) is 0 Å². The Hall–Kier alpha value is -3.63. The lowest BCUT2D eigenvalue weighted by atomic mass is 9.70. The molecule has 214 valence electrons. The molecule has 0 saturated carbocycles. The summed E-state index contributed by atoms with van der Waals surface area (Å²) in [7, 11) is 0.